The standard InChI is InChI=1S/C19H15NO3S/c21-19(22)12-7-14-5-10-18(11-6-14)24(23)20-17-9-8-15-3-1-2-4-16(15)13-17/h1-13,20H,(H,21,22)/b12-7+. The van der Waals surface area contributed by atoms with Gasteiger partial charge >= 0.3 is 5.97 Å². The highest BCUT2D eigenvalue weighted by molar-refractivity contribution is 7.86. The van der Waals surface area contributed by atoms with Crippen LogP contribution in [0.2, 0.25) is 0 Å². The molecule has 0 heterocycles. The van der Waals surface area contributed by atoms with Crippen LogP contribution in [0.1, 0.15) is 5.56 Å². The minimum Gasteiger partial charge on any atom is -0.478 e. The highest BCUT2D eigenvalue weighted by Crippen LogP contribution is 2.20. The van der Waals surface area contributed by atoms with E-state index in [0.29, 0.717) is 4.90 Å². The summed E-state index contributed by atoms with van der Waals surface area (Å²) in [6, 6.07) is 20.7. The van der Waals surface area contributed by atoms with Gasteiger partial charge < -0.3 is 9.83 Å². The van der Waals surface area contributed by atoms with Crippen LogP contribution in [-0.4, -0.2) is 15.3 Å². The summed E-state index contributed by atoms with van der Waals surface area (Å²) < 4.78 is 15.4. The number of hydrogen-bond donors (Lipinski definition) is 2. The summed E-state index contributed by atoms with van der Waals surface area (Å²) in [7, 11) is -1.39. The van der Waals surface area contributed by atoms with Crippen molar-refractivity contribution in [2.75, 3.05) is 4.72 Å². The molecule has 3 rings (SSSR count). The zero-order valence-electron chi connectivity index (χ0n) is 12.7. The van der Waals surface area contributed by atoms with Gasteiger partial charge in [0.05, 0.1) is 4.90 Å². The third-order valence-electron chi connectivity index (χ3n) is 3.47. The monoisotopic (exact) mass is 337 g/mol. The quantitative estimate of drug-likeness (QED) is 0.690. The maximum Gasteiger partial charge on any atom is 0.328 e. The first-order valence-electron chi connectivity index (χ1n) is 7.30. The van der Waals surface area contributed by atoms with Crippen molar-refractivity contribution < 1.29 is 14.1 Å². The predicted molar refractivity (Wildman–Crippen MR) is 97.1 cm³/mol. The van der Waals surface area contributed by atoms with Gasteiger partial charge in [-0.1, -0.05) is 42.5 Å². The largest absolute Gasteiger partial charge is 0.478 e. The van der Waals surface area contributed by atoms with Crippen LogP contribution >= 0.6 is 0 Å². The number of nitrogens with one attached hydrogen (secondary N) is 1. The van der Waals surface area contributed by atoms with Gasteiger partial charge in [-0.25, -0.2) is 9.00 Å². The number of anilines is 1. The summed E-state index contributed by atoms with van der Waals surface area (Å²) in [5.41, 5.74) is 1.52. The lowest BCUT2D eigenvalue weighted by molar-refractivity contribution is -0.131. The topological polar surface area (TPSA) is 66.4 Å². The Balaban J connectivity index is 1.74. The van der Waals surface area contributed by atoms with Crippen LogP contribution in [0.4, 0.5) is 5.69 Å². The summed E-state index contributed by atoms with van der Waals surface area (Å²) in [4.78, 5) is 11.1. The molecular formula is C19H15NO3S. The third-order valence-corrected chi connectivity index (χ3v) is 4.59. The molecule has 3 aromatic rings. The van der Waals surface area contributed by atoms with E-state index in [4.69, 9.17) is 5.11 Å². The Hall–Kier alpha value is -2.92. The number of carbonyl (C=O) groups is 1. The van der Waals surface area contributed by atoms with Gasteiger partial charge in [-0.3, -0.25) is 0 Å². The van der Waals surface area contributed by atoms with Gasteiger partial charge in [0.25, 0.3) is 0 Å². The summed E-state index contributed by atoms with van der Waals surface area (Å²) in [6.07, 6.45) is 2.56. The van der Waals surface area contributed by atoms with Gasteiger partial charge in [0.1, 0.15) is 11.0 Å². The Morgan fingerprint density at radius 1 is 0.958 bits per heavy atom. The van der Waals surface area contributed by atoms with Gasteiger partial charge in [-0.2, -0.15) is 0 Å². The van der Waals surface area contributed by atoms with Gasteiger partial charge in [0, 0.05) is 11.8 Å². The molecule has 120 valence electrons. The number of rotatable bonds is 5. The molecule has 0 aliphatic rings. The second kappa shape index (κ2) is 7.10. The summed E-state index contributed by atoms with van der Waals surface area (Å²) in [5, 5.41) is 10.8. The maximum atomic E-state index is 12.4. The predicted octanol–water partition coefficient (Wildman–Crippen LogP) is 4.07. The first-order chi connectivity index (χ1) is 11.6. The van der Waals surface area contributed by atoms with E-state index >= 15 is 0 Å². The molecule has 0 fully saturated rings. The normalized spacial score (nSPS) is 12.3. The maximum absolute atomic E-state index is 12.4. The van der Waals surface area contributed by atoms with Crippen molar-refractivity contribution in [3.63, 3.8) is 0 Å². The van der Waals surface area contributed by atoms with Crippen LogP contribution in [0.15, 0.2) is 77.7 Å². The number of carboxylic acids is 1. The molecule has 2 N–H and O–H groups in total. The molecule has 1 atom stereocenters. The Bertz CT molecular complexity index is 933. The smallest absolute Gasteiger partial charge is 0.328 e. The lowest BCUT2D eigenvalue weighted by atomic mass is 10.1. The molecule has 3 aromatic carbocycles. The molecule has 0 saturated carbocycles. The summed E-state index contributed by atoms with van der Waals surface area (Å²) >= 11 is 0. The summed E-state index contributed by atoms with van der Waals surface area (Å²) in [6.45, 7) is 0. The van der Waals surface area contributed by atoms with E-state index in [2.05, 4.69) is 4.72 Å². The van der Waals surface area contributed by atoms with Crippen molar-refractivity contribution >= 4 is 39.5 Å². The Morgan fingerprint density at radius 2 is 1.67 bits per heavy atom. The molecule has 4 nitrogen and oxygen atoms in total. The Morgan fingerprint density at radius 3 is 2.38 bits per heavy atom. The molecule has 5 heteroatoms. The van der Waals surface area contributed by atoms with Crippen LogP contribution < -0.4 is 4.72 Å². The molecule has 1 unspecified atom stereocenters. The highest BCUT2D eigenvalue weighted by Gasteiger charge is 2.04. The van der Waals surface area contributed by atoms with Gasteiger partial charge in [0.15, 0.2) is 0 Å². The van der Waals surface area contributed by atoms with Crippen molar-refractivity contribution in [1.29, 1.82) is 0 Å². The fraction of sp³-hybridized carbons (Fsp3) is 0. The number of carboxylic acid groups (broad SMARTS) is 1. The molecule has 0 spiro atoms. The highest BCUT2D eigenvalue weighted by atomic mass is 32.2. The first-order valence-corrected chi connectivity index (χ1v) is 8.45. The van der Waals surface area contributed by atoms with Crippen LogP contribution in [0.25, 0.3) is 16.8 Å². The van der Waals surface area contributed by atoms with Gasteiger partial charge in [-0.05, 0) is 46.7 Å². The Kier molecular flexibility index (Phi) is 4.72. The first kappa shape index (κ1) is 16.0. The second-order valence-electron chi connectivity index (χ2n) is 5.17. The molecule has 0 saturated heterocycles. The molecule has 0 amide bonds. The number of benzene rings is 3. The van der Waals surface area contributed by atoms with Crippen molar-refractivity contribution in [3.05, 3.63) is 78.4 Å². The van der Waals surface area contributed by atoms with E-state index in [1.165, 1.54) is 6.08 Å². The number of hydrogen-bond acceptors (Lipinski definition) is 2. The molecular weight excluding hydrogens is 322 g/mol. The van der Waals surface area contributed by atoms with Crippen LogP contribution in [0.5, 0.6) is 0 Å². The van der Waals surface area contributed by atoms with Crippen LogP contribution in [0.3, 0.4) is 0 Å². The van der Waals surface area contributed by atoms with E-state index in [9.17, 15) is 9.00 Å². The molecule has 0 aliphatic heterocycles. The van der Waals surface area contributed by atoms with E-state index < -0.39 is 17.0 Å². The summed E-state index contributed by atoms with van der Waals surface area (Å²) in [5.74, 6) is -0.999. The third kappa shape index (κ3) is 3.88. The SMILES string of the molecule is O=C(O)/C=C/c1ccc(S(=O)Nc2ccc3ccccc3c2)cc1. The Labute approximate surface area is 142 Å². The van der Waals surface area contributed by atoms with E-state index in [0.717, 1.165) is 28.1 Å². The zero-order chi connectivity index (χ0) is 16.9. The van der Waals surface area contributed by atoms with Crippen LogP contribution in [0, 0.1) is 0 Å². The second-order valence-corrected chi connectivity index (χ2v) is 6.39. The van der Waals surface area contributed by atoms with Crippen molar-refractivity contribution in [3.8, 4) is 0 Å². The van der Waals surface area contributed by atoms with Crippen molar-refractivity contribution in [2.24, 2.45) is 0 Å². The molecule has 0 bridgehead atoms. The van der Waals surface area contributed by atoms with Crippen LogP contribution in [-0.2, 0) is 15.8 Å². The molecule has 0 aromatic heterocycles. The zero-order valence-corrected chi connectivity index (χ0v) is 13.5. The average molecular weight is 337 g/mol. The minimum atomic E-state index is -1.39. The van der Waals surface area contributed by atoms with Gasteiger partial charge in [-0.15, -0.1) is 0 Å². The number of fused-ring (bicyclic) bond motifs is 1. The molecule has 0 radical (unpaired) electrons. The molecule has 24 heavy (non-hydrogen) atoms. The lowest BCUT2D eigenvalue weighted by Gasteiger charge is -2.07. The van der Waals surface area contributed by atoms with Crippen molar-refractivity contribution in [1.82, 2.24) is 0 Å². The van der Waals surface area contributed by atoms with Crippen molar-refractivity contribution in [2.45, 2.75) is 4.90 Å². The number of aliphatic carboxylic acids is 1. The average Bonchev–Trinajstić information content (AvgIpc) is 2.60. The van der Waals surface area contributed by atoms with Gasteiger partial charge in [0.2, 0.25) is 0 Å². The van der Waals surface area contributed by atoms with E-state index in [1.807, 2.05) is 42.5 Å². The van der Waals surface area contributed by atoms with E-state index in [1.54, 1.807) is 24.3 Å². The van der Waals surface area contributed by atoms with E-state index in [-0.39, 0.29) is 0 Å². The molecule has 0 aliphatic carbocycles. The minimum absolute atomic E-state index is 0.621. The fourth-order valence-corrected chi connectivity index (χ4v) is 3.13. The lowest BCUT2D eigenvalue weighted by Crippen LogP contribution is -2.04. The fourth-order valence-electron chi connectivity index (χ4n) is 2.29.